The quantitative estimate of drug-likeness (QED) is 0.0985. The number of rotatable bonds is 11. The number of furan rings is 2. The normalized spacial score (nSPS) is 17.7. The molecule has 7 heterocycles. The maximum Gasteiger partial charge on any atom is 0.407 e. The Labute approximate surface area is 363 Å². The van der Waals surface area contributed by atoms with Crippen molar-refractivity contribution < 1.29 is 33.1 Å². The molecule has 326 valence electrons. The van der Waals surface area contributed by atoms with Crippen molar-refractivity contribution >= 4 is 57.0 Å². The lowest BCUT2D eigenvalue weighted by molar-refractivity contribution is -0.136. The number of imidazole rings is 2. The van der Waals surface area contributed by atoms with Crippen molar-refractivity contribution in [3.63, 3.8) is 0 Å². The van der Waals surface area contributed by atoms with Crippen molar-refractivity contribution in [3.05, 3.63) is 78.6 Å². The number of hydrogen-bond acceptors (Lipinski definition) is 10. The molecule has 2 saturated heterocycles. The second-order valence-corrected chi connectivity index (χ2v) is 17.1. The summed E-state index contributed by atoms with van der Waals surface area (Å²) in [7, 11) is 2.58. The highest BCUT2D eigenvalue weighted by Crippen LogP contribution is 2.44. The van der Waals surface area contributed by atoms with E-state index in [1.54, 1.807) is 11.1 Å². The molecule has 0 radical (unpaired) electrons. The summed E-state index contributed by atoms with van der Waals surface area (Å²) in [5.41, 5.74) is 8.56. The van der Waals surface area contributed by atoms with Crippen LogP contribution in [-0.2, 0) is 19.1 Å². The van der Waals surface area contributed by atoms with Crippen LogP contribution in [0.25, 0.3) is 66.6 Å². The molecule has 16 nitrogen and oxygen atoms in total. The van der Waals surface area contributed by atoms with Crippen LogP contribution in [-0.4, -0.2) is 98.1 Å². The average Bonchev–Trinajstić information content (AvgIpc) is 4.16. The van der Waals surface area contributed by atoms with Crippen molar-refractivity contribution in [2.75, 3.05) is 27.3 Å². The van der Waals surface area contributed by atoms with Crippen LogP contribution in [0.4, 0.5) is 9.59 Å². The Balaban J connectivity index is 0.959. The Morgan fingerprint density at radius 1 is 0.698 bits per heavy atom. The minimum Gasteiger partial charge on any atom is -0.456 e. The number of hydrogen-bond donors (Lipinski definition) is 4. The van der Waals surface area contributed by atoms with Crippen LogP contribution in [0.5, 0.6) is 0 Å². The number of alkyl carbamates (subject to hydrolysis) is 2. The van der Waals surface area contributed by atoms with Crippen LogP contribution in [0.1, 0.15) is 77.1 Å². The fourth-order valence-electron chi connectivity index (χ4n) is 9.28. The third-order valence-corrected chi connectivity index (χ3v) is 12.5. The molecule has 9 rings (SSSR count). The van der Waals surface area contributed by atoms with Gasteiger partial charge >= 0.3 is 12.2 Å². The number of amides is 4. The second-order valence-electron chi connectivity index (χ2n) is 17.1. The molecule has 2 bridgehead atoms. The zero-order chi connectivity index (χ0) is 44.1. The van der Waals surface area contributed by atoms with Crippen LogP contribution in [0.3, 0.4) is 0 Å². The number of ether oxygens (including phenoxy) is 2. The molecule has 16 heteroatoms. The Morgan fingerprint density at radius 2 is 1.29 bits per heavy atom. The Hall–Kier alpha value is -6.97. The number of nitrogens with one attached hydrogen (secondary N) is 4. The van der Waals surface area contributed by atoms with Crippen molar-refractivity contribution in [2.24, 2.45) is 11.8 Å². The second kappa shape index (κ2) is 16.7. The first-order valence-electron chi connectivity index (χ1n) is 21.5. The van der Waals surface area contributed by atoms with Crippen LogP contribution < -0.4 is 10.6 Å². The fourth-order valence-corrected chi connectivity index (χ4v) is 9.28. The number of fused-ring (bicyclic) bond motifs is 6. The van der Waals surface area contributed by atoms with E-state index in [1.807, 2.05) is 69.1 Å². The number of H-pyrrole nitrogens is 2. The van der Waals surface area contributed by atoms with Gasteiger partial charge in [0.15, 0.2) is 0 Å². The number of nitrogens with zero attached hydrogens (tertiary/aromatic N) is 5. The monoisotopic (exact) mass is 853 g/mol. The first-order chi connectivity index (χ1) is 30.4. The summed E-state index contributed by atoms with van der Waals surface area (Å²) in [6, 6.07) is 16.4. The standard InChI is InChI=1S/C47H51N9O7/c1-24(2)40(53-46(59)61-5)44(57)55-19-7-9-34(55)42-49-23-33(52-42)27-12-15-30(48-22-27)29-14-13-28(38-36-17-18-37(63-36)39(29)38)26-11-16-31-32(21-26)51-43(50-31)35-10-8-20-56(35)45(58)41(25(3)4)54-47(60)62-6/h11-18,21-25,34-35,40-41H,7-10,19-20H2,1-6H3,(H,49,52)(H,50,51)(H,53,59)(H,54,60). The van der Waals surface area contributed by atoms with E-state index in [2.05, 4.69) is 44.9 Å². The summed E-state index contributed by atoms with van der Waals surface area (Å²) in [5, 5.41) is 7.39. The van der Waals surface area contributed by atoms with Crippen LogP contribution in [0, 0.1) is 11.8 Å². The molecule has 63 heavy (non-hydrogen) atoms. The largest absolute Gasteiger partial charge is 0.456 e. The zero-order valence-corrected chi connectivity index (χ0v) is 36.2. The lowest BCUT2D eigenvalue weighted by Crippen LogP contribution is -2.51. The van der Waals surface area contributed by atoms with Crippen molar-refractivity contribution in [1.29, 1.82) is 0 Å². The molecule has 0 aliphatic carbocycles. The molecular formula is C47H51N9O7. The Bertz CT molecular complexity index is 2820. The molecule has 5 aromatic heterocycles. The van der Waals surface area contributed by atoms with Crippen molar-refractivity contribution in [3.8, 4) is 33.6 Å². The van der Waals surface area contributed by atoms with E-state index >= 15 is 0 Å². The van der Waals surface area contributed by atoms with Gasteiger partial charge in [-0.05, 0) is 85.0 Å². The minimum atomic E-state index is -0.713. The number of carbonyl (C=O) groups is 4. The molecule has 4 unspecified atom stereocenters. The summed E-state index contributed by atoms with van der Waals surface area (Å²) >= 11 is 0. The van der Waals surface area contributed by atoms with E-state index in [9.17, 15) is 19.2 Å². The summed E-state index contributed by atoms with van der Waals surface area (Å²) < 4.78 is 15.9. The topological polar surface area (TPSA) is 201 Å². The van der Waals surface area contributed by atoms with Gasteiger partial charge in [-0.15, -0.1) is 0 Å². The lowest BCUT2D eigenvalue weighted by Gasteiger charge is -2.30. The predicted octanol–water partition coefficient (Wildman–Crippen LogP) is 8.11. The van der Waals surface area contributed by atoms with E-state index in [4.69, 9.17) is 28.8 Å². The molecule has 7 aromatic rings. The van der Waals surface area contributed by atoms with Gasteiger partial charge in [-0.2, -0.15) is 0 Å². The Kier molecular flexibility index (Phi) is 11.0. The first kappa shape index (κ1) is 41.4. The van der Waals surface area contributed by atoms with E-state index < -0.39 is 24.3 Å². The number of carbonyl (C=O) groups excluding carboxylic acids is 4. The number of aromatic nitrogens is 5. The van der Waals surface area contributed by atoms with Gasteiger partial charge in [-0.25, -0.2) is 19.6 Å². The first-order valence-corrected chi connectivity index (χ1v) is 21.5. The maximum absolute atomic E-state index is 13.8. The van der Waals surface area contributed by atoms with Crippen molar-refractivity contribution in [2.45, 2.75) is 77.5 Å². The summed E-state index contributed by atoms with van der Waals surface area (Å²) in [6.45, 7) is 8.74. The van der Waals surface area contributed by atoms with Gasteiger partial charge in [0.05, 0.1) is 54.9 Å². The van der Waals surface area contributed by atoms with Gasteiger partial charge in [0, 0.05) is 41.2 Å². The zero-order valence-electron chi connectivity index (χ0n) is 36.2. The van der Waals surface area contributed by atoms with Crippen molar-refractivity contribution in [1.82, 2.24) is 45.4 Å². The summed E-state index contributed by atoms with van der Waals surface area (Å²) in [6.07, 6.45) is 5.49. The number of benzene rings is 3. The molecule has 4 amide bonds. The predicted molar refractivity (Wildman–Crippen MR) is 237 cm³/mol. The molecule has 2 aromatic carbocycles. The molecule has 4 N–H and O–H groups in total. The number of likely N-dealkylation sites (tertiary alicyclic amines) is 2. The van der Waals surface area contributed by atoms with Gasteiger partial charge in [0.2, 0.25) is 11.8 Å². The SMILES string of the molecule is COC(=O)NC(C(=O)N1CCCC1c1ncc(-c2ccc(-c3ccc(-c4ccc5nc(C6CCCN6C(=O)C(NC(=O)OC)C(C)C)[nH]c5c4)c4c5ccc(o5)c34)nc2)[nH]1)C(C)C. The summed E-state index contributed by atoms with van der Waals surface area (Å²) in [4.78, 5) is 76.6. The third-order valence-electron chi connectivity index (χ3n) is 12.5. The van der Waals surface area contributed by atoms with Gasteiger partial charge in [-0.3, -0.25) is 14.6 Å². The van der Waals surface area contributed by atoms with E-state index in [0.29, 0.717) is 24.7 Å². The maximum atomic E-state index is 13.8. The van der Waals surface area contributed by atoms with Gasteiger partial charge in [-0.1, -0.05) is 45.9 Å². The average molecular weight is 854 g/mol. The van der Waals surface area contributed by atoms with E-state index in [-0.39, 0.29) is 35.7 Å². The highest BCUT2D eigenvalue weighted by molar-refractivity contribution is 6.19. The number of pyridine rings is 1. The van der Waals surface area contributed by atoms with Crippen LogP contribution >= 0.6 is 0 Å². The van der Waals surface area contributed by atoms with Crippen LogP contribution in [0.2, 0.25) is 0 Å². The summed E-state index contributed by atoms with van der Waals surface area (Å²) in [5.74, 6) is 0.839. The lowest BCUT2D eigenvalue weighted by atomic mass is 9.93. The van der Waals surface area contributed by atoms with E-state index in [0.717, 1.165) is 92.3 Å². The van der Waals surface area contributed by atoms with E-state index in [1.165, 1.54) is 14.2 Å². The molecular weight excluding hydrogens is 803 g/mol. The molecule has 0 spiro atoms. The Morgan fingerprint density at radius 3 is 1.87 bits per heavy atom. The van der Waals surface area contributed by atoms with Gasteiger partial charge in [0.1, 0.15) is 34.9 Å². The molecule has 2 aliphatic rings. The molecule has 2 fully saturated rings. The number of methoxy groups -OCH3 is 2. The molecule has 0 saturated carbocycles. The highest BCUT2D eigenvalue weighted by Gasteiger charge is 2.39. The third kappa shape index (κ3) is 7.56. The van der Waals surface area contributed by atoms with Crippen LogP contribution in [0.15, 0.2) is 71.4 Å². The van der Waals surface area contributed by atoms with Gasteiger partial charge < -0.3 is 44.3 Å². The highest BCUT2D eigenvalue weighted by atomic mass is 16.5. The number of aromatic amines is 2. The fraction of sp³-hybridized carbons (Fsp3) is 0.383. The van der Waals surface area contributed by atoms with Gasteiger partial charge in [0.25, 0.3) is 0 Å². The molecule has 2 aliphatic heterocycles. The minimum absolute atomic E-state index is 0.125. The smallest absolute Gasteiger partial charge is 0.407 e. The molecule has 4 atom stereocenters.